The van der Waals surface area contributed by atoms with Gasteiger partial charge in [-0.25, -0.2) is 4.98 Å². The maximum absolute atomic E-state index is 9.90. The van der Waals surface area contributed by atoms with Crippen molar-refractivity contribution in [3.05, 3.63) is 35.6 Å². The van der Waals surface area contributed by atoms with E-state index in [1.807, 2.05) is 13.0 Å². The van der Waals surface area contributed by atoms with Gasteiger partial charge < -0.3 is 18.6 Å². The van der Waals surface area contributed by atoms with E-state index in [1.54, 1.807) is 12.5 Å². The van der Waals surface area contributed by atoms with Crippen molar-refractivity contribution in [1.29, 1.82) is 5.26 Å². The molecule has 2 fully saturated rings. The molecule has 28 heavy (non-hydrogen) atoms. The lowest BCUT2D eigenvalue weighted by molar-refractivity contribution is 0.315. The molecule has 1 saturated carbocycles. The molecule has 0 N–H and O–H groups in total. The Labute approximate surface area is 164 Å². The highest BCUT2D eigenvalue weighted by atomic mass is 16.4. The van der Waals surface area contributed by atoms with Gasteiger partial charge in [0.05, 0.1) is 23.8 Å². The van der Waals surface area contributed by atoms with Crippen molar-refractivity contribution >= 4 is 16.8 Å². The molecule has 1 saturated heterocycles. The van der Waals surface area contributed by atoms with Crippen molar-refractivity contribution < 1.29 is 8.83 Å². The second-order valence-corrected chi connectivity index (χ2v) is 8.20. The van der Waals surface area contributed by atoms with Crippen LogP contribution >= 0.6 is 0 Å². The van der Waals surface area contributed by atoms with Crippen LogP contribution < -0.4 is 4.90 Å². The summed E-state index contributed by atoms with van der Waals surface area (Å²) in [5.41, 5.74) is 6.05. The lowest BCUT2D eigenvalue weighted by Gasteiger charge is -2.25. The summed E-state index contributed by atoms with van der Waals surface area (Å²) >= 11 is 0. The summed E-state index contributed by atoms with van der Waals surface area (Å²) in [5, 5.41) is 9.90. The van der Waals surface area contributed by atoms with Crippen molar-refractivity contribution in [3.8, 4) is 17.2 Å². The smallest absolute Gasteiger partial charge is 0.198 e. The predicted molar refractivity (Wildman–Crippen MR) is 107 cm³/mol. The van der Waals surface area contributed by atoms with E-state index >= 15 is 0 Å². The summed E-state index contributed by atoms with van der Waals surface area (Å²) in [6.45, 7) is 3.89. The van der Waals surface area contributed by atoms with Crippen molar-refractivity contribution in [2.45, 2.75) is 38.1 Å². The van der Waals surface area contributed by atoms with E-state index < -0.39 is 0 Å². The monoisotopic (exact) mass is 376 g/mol. The lowest BCUT2D eigenvalue weighted by atomic mass is 9.94. The number of hydrogen-bond acceptors (Lipinski definition) is 6. The Morgan fingerprint density at radius 2 is 2.11 bits per heavy atom. The number of nitrogens with zero attached hydrogens (tertiary/aromatic N) is 4. The van der Waals surface area contributed by atoms with Gasteiger partial charge in [0, 0.05) is 36.2 Å². The van der Waals surface area contributed by atoms with E-state index in [0.29, 0.717) is 23.0 Å². The van der Waals surface area contributed by atoms with Gasteiger partial charge in [0.25, 0.3) is 0 Å². The zero-order chi connectivity index (χ0) is 19.4. The first-order chi connectivity index (χ1) is 13.6. The molecule has 6 nitrogen and oxygen atoms in total. The van der Waals surface area contributed by atoms with Gasteiger partial charge in [-0.05, 0) is 51.9 Å². The first-order valence-corrected chi connectivity index (χ1v) is 9.89. The standard InChI is InChI=1S/C22H24N4O2/c1-13-17(10-23)19-21(28-22(24-19)14-4-5-14)20(18(13)15-7-9-27-12-15)26-8-6-16(11-26)25(2)3/h7,9,12,14,16H,4-6,8,11H2,1-3H3/t16-/m0/s1. The molecule has 3 aromatic rings. The number of likely N-dealkylation sites (N-methyl/N-ethyl adjacent to an activating group) is 1. The number of fused-ring (bicyclic) bond motifs is 1. The summed E-state index contributed by atoms with van der Waals surface area (Å²) in [6.07, 6.45) is 6.75. The minimum Gasteiger partial charge on any atom is -0.472 e. The van der Waals surface area contributed by atoms with Crippen LogP contribution in [-0.4, -0.2) is 43.1 Å². The zero-order valence-corrected chi connectivity index (χ0v) is 16.5. The van der Waals surface area contributed by atoms with Crippen LogP contribution in [0, 0.1) is 18.3 Å². The van der Waals surface area contributed by atoms with Crippen LogP contribution in [0.25, 0.3) is 22.2 Å². The highest BCUT2D eigenvalue weighted by Crippen LogP contribution is 2.47. The quantitative estimate of drug-likeness (QED) is 0.677. The SMILES string of the molecule is Cc1c(-c2ccoc2)c(N2CC[C@H](N(C)C)C2)c2oc(C3CC3)nc2c1C#N. The van der Waals surface area contributed by atoms with Crippen molar-refractivity contribution in [2.75, 3.05) is 32.1 Å². The maximum atomic E-state index is 9.90. The van der Waals surface area contributed by atoms with E-state index in [9.17, 15) is 5.26 Å². The van der Waals surface area contributed by atoms with Crippen LogP contribution in [0.3, 0.4) is 0 Å². The Bertz CT molecular complexity index is 1070. The van der Waals surface area contributed by atoms with Crippen molar-refractivity contribution in [2.24, 2.45) is 0 Å². The fourth-order valence-electron chi connectivity index (χ4n) is 4.33. The molecule has 144 valence electrons. The molecule has 0 spiro atoms. The van der Waals surface area contributed by atoms with E-state index in [1.165, 1.54) is 0 Å². The number of aromatic nitrogens is 1. The number of furan rings is 1. The van der Waals surface area contributed by atoms with E-state index in [2.05, 4.69) is 30.0 Å². The number of oxazole rings is 1. The van der Waals surface area contributed by atoms with Gasteiger partial charge >= 0.3 is 0 Å². The Kier molecular flexibility index (Phi) is 3.95. The number of hydrogen-bond donors (Lipinski definition) is 0. The molecular formula is C22H24N4O2. The third-order valence-electron chi connectivity index (χ3n) is 6.14. The largest absolute Gasteiger partial charge is 0.472 e. The van der Waals surface area contributed by atoms with Crippen LogP contribution in [0.15, 0.2) is 27.4 Å². The molecule has 0 unspecified atom stereocenters. The molecule has 2 aromatic heterocycles. The molecule has 2 aliphatic rings. The average Bonchev–Trinajstić information content (AvgIpc) is 3.09. The van der Waals surface area contributed by atoms with Crippen LogP contribution in [0.5, 0.6) is 0 Å². The molecular weight excluding hydrogens is 352 g/mol. The molecule has 0 bridgehead atoms. The van der Waals surface area contributed by atoms with Gasteiger partial charge in [0.1, 0.15) is 11.6 Å². The Balaban J connectivity index is 1.78. The summed E-state index contributed by atoms with van der Waals surface area (Å²) in [6, 6.07) is 4.83. The molecule has 1 aromatic carbocycles. The summed E-state index contributed by atoms with van der Waals surface area (Å²) < 4.78 is 11.7. The van der Waals surface area contributed by atoms with E-state index in [0.717, 1.165) is 66.2 Å². The van der Waals surface area contributed by atoms with Crippen LogP contribution in [-0.2, 0) is 0 Å². The fraction of sp³-hybridized carbons (Fsp3) is 0.455. The number of anilines is 1. The van der Waals surface area contributed by atoms with Gasteiger partial charge in [-0.1, -0.05) is 0 Å². The molecule has 1 atom stereocenters. The highest BCUT2D eigenvalue weighted by molar-refractivity contribution is 6.02. The third-order valence-corrected chi connectivity index (χ3v) is 6.14. The lowest BCUT2D eigenvalue weighted by Crippen LogP contribution is -2.31. The van der Waals surface area contributed by atoms with Crippen molar-refractivity contribution in [1.82, 2.24) is 9.88 Å². The summed E-state index contributed by atoms with van der Waals surface area (Å²) in [7, 11) is 4.26. The van der Waals surface area contributed by atoms with Gasteiger partial charge in [0.2, 0.25) is 0 Å². The maximum Gasteiger partial charge on any atom is 0.198 e. The average molecular weight is 376 g/mol. The highest BCUT2D eigenvalue weighted by Gasteiger charge is 2.34. The molecule has 5 rings (SSSR count). The fourth-order valence-corrected chi connectivity index (χ4v) is 4.33. The topological polar surface area (TPSA) is 69.4 Å². The predicted octanol–water partition coefficient (Wildman–Crippen LogP) is 4.29. The van der Waals surface area contributed by atoms with E-state index in [-0.39, 0.29) is 0 Å². The van der Waals surface area contributed by atoms with Gasteiger partial charge in [-0.2, -0.15) is 5.26 Å². The van der Waals surface area contributed by atoms with Gasteiger partial charge in [-0.3, -0.25) is 0 Å². The summed E-state index contributed by atoms with van der Waals surface area (Å²) in [5.74, 6) is 1.18. The van der Waals surface area contributed by atoms with Crippen LogP contribution in [0.4, 0.5) is 5.69 Å². The number of benzene rings is 1. The molecule has 1 aliphatic carbocycles. The van der Waals surface area contributed by atoms with Crippen LogP contribution in [0.1, 0.15) is 42.2 Å². The molecule has 6 heteroatoms. The Morgan fingerprint density at radius 1 is 1.29 bits per heavy atom. The second-order valence-electron chi connectivity index (χ2n) is 8.20. The second kappa shape index (κ2) is 6.39. The van der Waals surface area contributed by atoms with Gasteiger partial charge in [-0.15, -0.1) is 0 Å². The van der Waals surface area contributed by atoms with Gasteiger partial charge in [0.15, 0.2) is 11.5 Å². The summed E-state index contributed by atoms with van der Waals surface area (Å²) in [4.78, 5) is 9.44. The minimum absolute atomic E-state index is 0.401. The molecule has 1 aliphatic heterocycles. The number of nitriles is 1. The first-order valence-electron chi connectivity index (χ1n) is 9.89. The zero-order valence-electron chi connectivity index (χ0n) is 16.5. The van der Waals surface area contributed by atoms with E-state index in [4.69, 9.17) is 13.8 Å². The molecule has 3 heterocycles. The first kappa shape index (κ1) is 17.3. The normalized spacial score (nSPS) is 19.7. The minimum atomic E-state index is 0.401. The Morgan fingerprint density at radius 3 is 2.71 bits per heavy atom. The number of rotatable bonds is 4. The third kappa shape index (κ3) is 2.61. The molecule has 0 amide bonds. The Hall–Kier alpha value is -2.78. The molecule has 0 radical (unpaired) electrons. The van der Waals surface area contributed by atoms with Crippen molar-refractivity contribution in [3.63, 3.8) is 0 Å². The van der Waals surface area contributed by atoms with Crippen LogP contribution in [0.2, 0.25) is 0 Å².